The fourth-order valence-electron chi connectivity index (χ4n) is 9.73. The number of phosphoric acid groups is 1. The molecule has 7 aromatic rings. The van der Waals surface area contributed by atoms with Crippen LogP contribution in [0.5, 0.6) is 11.5 Å². The summed E-state index contributed by atoms with van der Waals surface area (Å²) in [5.74, 6) is -11.1. The quantitative estimate of drug-likeness (QED) is 0.00917. The van der Waals surface area contributed by atoms with E-state index in [4.69, 9.17) is 29.0 Å². The Bertz CT molecular complexity index is 4240. The summed E-state index contributed by atoms with van der Waals surface area (Å²) in [5.41, 5.74) is -4.59. The Morgan fingerprint density at radius 1 is 0.703 bits per heavy atom. The Kier molecular flexibility index (Phi) is 18.0. The zero-order valence-corrected chi connectivity index (χ0v) is 48.2. The third-order valence-electron chi connectivity index (χ3n) is 14.3. The number of hydrogen-bond donors (Lipinski definition) is 4. The Hall–Kier alpha value is -11.3. The lowest BCUT2D eigenvalue weighted by Crippen LogP contribution is -2.36. The van der Waals surface area contributed by atoms with Gasteiger partial charge in [-0.3, -0.25) is 68.7 Å². The minimum Gasteiger partial charge on any atom is -0.411 e. The van der Waals surface area contributed by atoms with Crippen LogP contribution >= 0.6 is 7.82 Å². The van der Waals surface area contributed by atoms with E-state index >= 15 is 0 Å². The van der Waals surface area contributed by atoms with Gasteiger partial charge in [-0.1, -0.05) is 48.5 Å². The molecule has 0 radical (unpaired) electrons. The number of non-ortho nitro benzene ring substituents is 1. The number of anilines is 2. The number of imidazole rings is 1. The summed E-state index contributed by atoms with van der Waals surface area (Å²) in [7, 11) is 1.49. The molecule has 0 bridgehead atoms. The Morgan fingerprint density at radius 3 is 1.78 bits per heavy atom. The Labute approximate surface area is 509 Å². The first-order valence-electron chi connectivity index (χ1n) is 26.2. The number of nitro groups is 4. The van der Waals surface area contributed by atoms with E-state index in [0.29, 0.717) is 35.6 Å². The predicted octanol–water partition coefficient (Wildman–Crippen LogP) is 5.74. The van der Waals surface area contributed by atoms with E-state index in [-0.39, 0.29) is 34.0 Å². The number of nitrogens with two attached hydrogens (primary N) is 1. The average molecular weight is 1270 g/mol. The molecule has 34 nitrogen and oxygen atoms in total. The maximum atomic E-state index is 14.9. The summed E-state index contributed by atoms with van der Waals surface area (Å²) in [6, 6.07) is 21.9. The zero-order chi connectivity index (χ0) is 66.1. The van der Waals surface area contributed by atoms with Gasteiger partial charge in [0, 0.05) is 80.1 Å². The van der Waals surface area contributed by atoms with Crippen molar-refractivity contribution in [3.05, 3.63) is 218 Å². The molecule has 1 amide bonds. The number of aliphatic hydroxyl groups is 2. The van der Waals surface area contributed by atoms with Gasteiger partial charge >= 0.3 is 31.1 Å². The zero-order valence-electron chi connectivity index (χ0n) is 47.4. The largest absolute Gasteiger partial charge is 0.473 e. The standard InChI is InChI=1S/C56H46N11O23P/c1-61(2)30-13-9-28(10-14-30)56(29-11-15-31(16-12-29)62(3)4,90-91(84,85)86-25-44-50(71)51(72)53(87-44)63-24-38(52(57)73)58-27-63)26-59-60-37-19-18-35(45-46(37)49(70)34-8-6-5-7-33(34)48(45)69)47(68)36-22-43(41(67(82)83)23-39(36)65(78)79)89-55(75)54(74)88-42-20-17-32(64(76)77)21-40(42)66(80)81/h5-24,27,44,50-51,53,71-72H,25-26H2,1-4H3,(H2,57,73)(H,84,85). The number of primary amides is 1. The van der Waals surface area contributed by atoms with Gasteiger partial charge in [-0.15, -0.1) is 0 Å². The topological polar surface area (TPSA) is 474 Å². The maximum absolute atomic E-state index is 14.9. The summed E-state index contributed by atoms with van der Waals surface area (Å²) in [6.07, 6.45) is -4.10. The van der Waals surface area contributed by atoms with Gasteiger partial charge in [0.2, 0.25) is 17.3 Å². The van der Waals surface area contributed by atoms with E-state index in [1.54, 1.807) is 62.3 Å². The van der Waals surface area contributed by atoms with Crippen molar-refractivity contribution in [3.8, 4) is 11.5 Å². The second-order valence-electron chi connectivity index (χ2n) is 20.3. The molecule has 5 atom stereocenters. The Morgan fingerprint density at radius 2 is 1.25 bits per heavy atom. The highest BCUT2D eigenvalue weighted by Crippen LogP contribution is 2.54. The molecule has 2 aliphatic rings. The molecule has 5 unspecified atom stereocenters. The van der Waals surface area contributed by atoms with Crippen molar-refractivity contribution in [2.75, 3.05) is 51.1 Å². The number of ketones is 3. The van der Waals surface area contributed by atoms with Gasteiger partial charge in [0.25, 0.3) is 17.3 Å². The molecular formula is C56H46N11O23P. The number of aliphatic hydroxyl groups excluding tert-OH is 2. The third kappa shape index (κ3) is 12.9. The van der Waals surface area contributed by atoms with Crippen LogP contribution in [-0.2, 0) is 33.5 Å². The molecular weight excluding hydrogens is 1230 g/mol. The summed E-state index contributed by atoms with van der Waals surface area (Å²) < 4.78 is 42.9. The van der Waals surface area contributed by atoms with E-state index in [0.717, 1.165) is 29.2 Å². The van der Waals surface area contributed by atoms with Crippen molar-refractivity contribution in [2.24, 2.45) is 16.0 Å². The number of ether oxygens (including phenoxy) is 3. The molecule has 1 aromatic heterocycles. The van der Waals surface area contributed by atoms with Gasteiger partial charge in [-0.25, -0.2) is 19.1 Å². The van der Waals surface area contributed by atoms with Crippen LogP contribution in [0, 0.1) is 40.5 Å². The molecule has 1 aliphatic carbocycles. The normalized spacial score (nSPS) is 16.7. The molecule has 1 aliphatic heterocycles. The van der Waals surface area contributed by atoms with E-state index in [2.05, 4.69) is 15.2 Å². The van der Waals surface area contributed by atoms with Crippen molar-refractivity contribution >= 4 is 82.8 Å². The lowest BCUT2D eigenvalue weighted by Gasteiger charge is -2.35. The molecule has 0 spiro atoms. The van der Waals surface area contributed by atoms with E-state index in [1.165, 1.54) is 48.5 Å². The SMILES string of the molecule is CN(C)c1ccc(C(CN=Nc2ccc(C(=O)c3cc(OC(=O)C(=O)Oc4ccc([N+](=O)[O-])cc4[N+](=O)[O-])c([N+](=O)[O-])cc3[N+](=O)[O-])c3c2C(=O)c2ccccc2C3=O)(OP(=O)(O)OCC2OC(n3cnc(C(N)=O)c3)C(O)C2O)c2ccc(N(C)C)cc2)cc1. The predicted molar refractivity (Wildman–Crippen MR) is 309 cm³/mol. The molecule has 468 valence electrons. The molecule has 1 fully saturated rings. The number of aromatic nitrogens is 2. The van der Waals surface area contributed by atoms with Crippen LogP contribution in [-0.4, -0.2) is 139 Å². The summed E-state index contributed by atoms with van der Waals surface area (Å²) >= 11 is 0. The Balaban J connectivity index is 1.12. The third-order valence-corrected chi connectivity index (χ3v) is 15.3. The number of nitro benzene ring substituents is 4. The number of carbonyl (C=O) groups excluding carboxylic acids is 6. The number of fused-ring (bicyclic) bond motifs is 2. The number of benzene rings is 6. The number of amides is 1. The van der Waals surface area contributed by atoms with Crippen LogP contribution in [0.4, 0.5) is 39.8 Å². The van der Waals surface area contributed by atoms with Gasteiger partial charge in [0.05, 0.1) is 62.6 Å². The van der Waals surface area contributed by atoms with Crippen LogP contribution in [0.15, 0.2) is 138 Å². The fraction of sp³-hybridized carbons (Fsp3) is 0.196. The van der Waals surface area contributed by atoms with E-state index < -0.39 is 168 Å². The van der Waals surface area contributed by atoms with Crippen molar-refractivity contribution < 1.29 is 91.4 Å². The fourth-order valence-corrected chi connectivity index (χ4v) is 10.8. The van der Waals surface area contributed by atoms with E-state index in [1.807, 2.05) is 0 Å². The molecule has 9 rings (SSSR count). The molecule has 5 N–H and O–H groups in total. The van der Waals surface area contributed by atoms with Crippen LogP contribution in [0.1, 0.15) is 75.6 Å². The first-order chi connectivity index (χ1) is 43.0. The van der Waals surface area contributed by atoms with Gasteiger partial charge in [0.15, 0.2) is 23.4 Å². The number of carbonyl (C=O) groups is 6. The van der Waals surface area contributed by atoms with Crippen molar-refractivity contribution in [2.45, 2.75) is 30.1 Å². The van der Waals surface area contributed by atoms with Gasteiger partial charge in [-0.05, 0) is 53.6 Å². The smallest absolute Gasteiger partial charge is 0.411 e. The van der Waals surface area contributed by atoms with Crippen LogP contribution in [0.2, 0.25) is 0 Å². The number of rotatable bonds is 22. The lowest BCUT2D eigenvalue weighted by atomic mass is 9.79. The van der Waals surface area contributed by atoms with Crippen molar-refractivity contribution in [3.63, 3.8) is 0 Å². The molecule has 91 heavy (non-hydrogen) atoms. The molecule has 0 saturated carbocycles. The van der Waals surface area contributed by atoms with Gasteiger partial charge in [0.1, 0.15) is 29.6 Å². The highest BCUT2D eigenvalue weighted by atomic mass is 31.2. The second-order valence-corrected chi connectivity index (χ2v) is 21.7. The van der Waals surface area contributed by atoms with Crippen LogP contribution in [0.3, 0.4) is 0 Å². The summed E-state index contributed by atoms with van der Waals surface area (Å²) in [4.78, 5) is 145. The monoisotopic (exact) mass is 1270 g/mol. The van der Waals surface area contributed by atoms with E-state index in [9.17, 15) is 88.9 Å². The minimum absolute atomic E-state index is 0.133. The first kappa shape index (κ1) is 64.2. The van der Waals surface area contributed by atoms with Crippen molar-refractivity contribution in [1.82, 2.24) is 9.55 Å². The van der Waals surface area contributed by atoms with Crippen LogP contribution in [0.25, 0.3) is 0 Å². The number of hydrogen-bond acceptors (Lipinski definition) is 27. The highest BCUT2D eigenvalue weighted by molar-refractivity contribution is 7.47. The number of azo groups is 1. The van der Waals surface area contributed by atoms with Crippen molar-refractivity contribution in [1.29, 1.82) is 0 Å². The first-order valence-corrected chi connectivity index (χ1v) is 27.7. The lowest BCUT2D eigenvalue weighted by molar-refractivity contribution is -0.395. The average Bonchev–Trinajstić information content (AvgIpc) is 1.83. The maximum Gasteiger partial charge on any atom is 0.473 e. The molecule has 2 heterocycles. The highest BCUT2D eigenvalue weighted by Gasteiger charge is 2.48. The second kappa shape index (κ2) is 25.5. The summed E-state index contributed by atoms with van der Waals surface area (Å²) in [6.45, 7) is -1.70. The molecule has 1 saturated heterocycles. The molecule has 6 aromatic carbocycles. The van der Waals surface area contributed by atoms with Crippen LogP contribution < -0.4 is 25.0 Å². The number of nitrogens with zero attached hydrogens (tertiary/aromatic N) is 10. The minimum atomic E-state index is -5.49. The molecule has 35 heteroatoms. The number of phosphoric ester groups is 1. The number of esters is 2. The van der Waals surface area contributed by atoms with Gasteiger partial charge < -0.3 is 49.4 Å². The summed E-state index contributed by atoms with van der Waals surface area (Å²) in [5, 5.41) is 78.6. The van der Waals surface area contributed by atoms with Gasteiger partial charge in [-0.2, -0.15) is 10.2 Å².